The first-order chi connectivity index (χ1) is 9.69. The van der Waals surface area contributed by atoms with Gasteiger partial charge in [0.15, 0.2) is 0 Å². The van der Waals surface area contributed by atoms with Gasteiger partial charge in [0.1, 0.15) is 0 Å². The average molecular weight is 311 g/mol. The third-order valence-corrected chi connectivity index (χ3v) is 4.07. The summed E-state index contributed by atoms with van der Waals surface area (Å²) >= 11 is 0. The normalized spacial score (nSPS) is 18.2. The van der Waals surface area contributed by atoms with Crippen molar-refractivity contribution >= 4 is 18.3 Å². The highest BCUT2D eigenvalue weighted by molar-refractivity contribution is 5.85. The first-order valence-electron chi connectivity index (χ1n) is 7.67. The quantitative estimate of drug-likeness (QED) is 0.907. The summed E-state index contributed by atoms with van der Waals surface area (Å²) < 4.78 is 0. The zero-order valence-electron chi connectivity index (χ0n) is 13.1. The number of amides is 1. The molecule has 3 nitrogen and oxygen atoms in total. The van der Waals surface area contributed by atoms with E-state index in [0.717, 1.165) is 32.5 Å². The van der Waals surface area contributed by atoms with E-state index in [0.29, 0.717) is 18.2 Å². The molecule has 0 bridgehead atoms. The number of halogens is 1. The van der Waals surface area contributed by atoms with Crippen LogP contribution < -0.4 is 5.32 Å². The van der Waals surface area contributed by atoms with Gasteiger partial charge in [-0.25, -0.2) is 0 Å². The number of hydrogen-bond acceptors (Lipinski definition) is 2. The second-order valence-electron chi connectivity index (χ2n) is 5.89. The Hall–Kier alpha value is -1.06. The number of piperidine rings is 1. The predicted molar refractivity (Wildman–Crippen MR) is 90.0 cm³/mol. The lowest BCUT2D eigenvalue weighted by atomic mass is 9.97. The van der Waals surface area contributed by atoms with E-state index in [9.17, 15) is 4.79 Å². The van der Waals surface area contributed by atoms with Gasteiger partial charge in [-0.15, -0.1) is 12.4 Å². The fraction of sp³-hybridized carbons (Fsp3) is 0.588. The Bertz CT molecular complexity index is 448. The lowest BCUT2D eigenvalue weighted by Gasteiger charge is -2.32. The van der Waals surface area contributed by atoms with Crippen molar-refractivity contribution < 1.29 is 4.79 Å². The van der Waals surface area contributed by atoms with Crippen molar-refractivity contribution in [3.8, 4) is 0 Å². The molecule has 1 aromatic rings. The molecule has 1 aromatic carbocycles. The molecule has 1 amide bonds. The summed E-state index contributed by atoms with van der Waals surface area (Å²) in [5.74, 6) is 0.934. The van der Waals surface area contributed by atoms with Crippen LogP contribution in [0.25, 0.3) is 0 Å². The molecule has 0 radical (unpaired) electrons. The van der Waals surface area contributed by atoms with Gasteiger partial charge in [0.25, 0.3) is 0 Å². The van der Waals surface area contributed by atoms with Crippen molar-refractivity contribution in [2.24, 2.45) is 5.92 Å². The maximum absolute atomic E-state index is 12.3. The minimum Gasteiger partial charge on any atom is -0.342 e. The number of likely N-dealkylation sites (tertiary alicyclic amines) is 1. The number of hydrogen-bond donors (Lipinski definition) is 1. The van der Waals surface area contributed by atoms with Crippen molar-refractivity contribution in [3.05, 3.63) is 35.4 Å². The molecule has 1 unspecified atom stereocenters. The zero-order valence-corrected chi connectivity index (χ0v) is 13.9. The minimum absolute atomic E-state index is 0. The van der Waals surface area contributed by atoms with E-state index in [2.05, 4.69) is 41.4 Å². The van der Waals surface area contributed by atoms with Crippen molar-refractivity contribution in [1.29, 1.82) is 0 Å². The topological polar surface area (TPSA) is 32.3 Å². The van der Waals surface area contributed by atoms with Crippen molar-refractivity contribution in [1.82, 2.24) is 10.2 Å². The Balaban J connectivity index is 0.00000220. The molecule has 4 heteroatoms. The molecule has 0 aromatic heterocycles. The molecule has 118 valence electrons. The van der Waals surface area contributed by atoms with Crippen molar-refractivity contribution in [2.75, 3.05) is 26.7 Å². The summed E-state index contributed by atoms with van der Waals surface area (Å²) in [4.78, 5) is 14.4. The van der Waals surface area contributed by atoms with E-state index in [-0.39, 0.29) is 12.4 Å². The number of nitrogens with zero attached hydrogens (tertiary/aromatic N) is 1. The summed E-state index contributed by atoms with van der Waals surface area (Å²) in [6.45, 7) is 4.97. The Kier molecular flexibility index (Phi) is 7.76. The highest BCUT2D eigenvalue weighted by Crippen LogP contribution is 2.17. The van der Waals surface area contributed by atoms with Crippen LogP contribution in [0.2, 0.25) is 0 Å². The molecule has 21 heavy (non-hydrogen) atoms. The van der Waals surface area contributed by atoms with E-state index in [1.165, 1.54) is 17.5 Å². The highest BCUT2D eigenvalue weighted by atomic mass is 35.5. The Morgan fingerprint density at radius 1 is 1.43 bits per heavy atom. The summed E-state index contributed by atoms with van der Waals surface area (Å²) in [6.07, 6.45) is 3.87. The van der Waals surface area contributed by atoms with Crippen LogP contribution in [0.4, 0.5) is 0 Å². The van der Waals surface area contributed by atoms with Gasteiger partial charge in [0.2, 0.25) is 5.91 Å². The molecule has 0 spiro atoms. The van der Waals surface area contributed by atoms with Crippen LogP contribution >= 0.6 is 12.4 Å². The molecular formula is C17H27ClN2O. The summed E-state index contributed by atoms with van der Waals surface area (Å²) in [7, 11) is 1.98. The molecule has 0 saturated carbocycles. The van der Waals surface area contributed by atoms with Crippen LogP contribution in [0.1, 0.15) is 30.4 Å². The van der Waals surface area contributed by atoms with Crippen LogP contribution in [0.3, 0.4) is 0 Å². The van der Waals surface area contributed by atoms with Gasteiger partial charge in [-0.1, -0.05) is 29.8 Å². The molecule has 0 aliphatic carbocycles. The largest absolute Gasteiger partial charge is 0.342 e. The number of aryl methyl sites for hydroxylation is 2. The first kappa shape index (κ1) is 18.0. The van der Waals surface area contributed by atoms with E-state index in [1.54, 1.807) is 0 Å². The fourth-order valence-electron chi connectivity index (χ4n) is 3.02. The molecular weight excluding hydrogens is 284 g/mol. The molecule has 1 N–H and O–H groups in total. The maximum atomic E-state index is 12.3. The lowest BCUT2D eigenvalue weighted by molar-refractivity contribution is -0.132. The van der Waals surface area contributed by atoms with Crippen LogP contribution in [-0.4, -0.2) is 37.5 Å². The Labute approximate surface area is 134 Å². The fourth-order valence-corrected chi connectivity index (χ4v) is 3.02. The standard InChI is InChI=1S/C17H26N2O.ClH/c1-14-5-3-6-15(11-14)8-9-17(20)19-10-4-7-16(13-19)12-18-2;/h3,5-6,11,16,18H,4,7-10,12-13H2,1-2H3;1H. The number of carbonyl (C=O) groups excluding carboxylic acids is 1. The molecule has 1 aliphatic heterocycles. The van der Waals surface area contributed by atoms with Gasteiger partial charge in [0.05, 0.1) is 0 Å². The number of benzene rings is 1. The second kappa shape index (κ2) is 9.06. The summed E-state index contributed by atoms with van der Waals surface area (Å²) in [5.41, 5.74) is 2.53. The second-order valence-corrected chi connectivity index (χ2v) is 5.89. The van der Waals surface area contributed by atoms with Gasteiger partial charge >= 0.3 is 0 Å². The van der Waals surface area contributed by atoms with Crippen molar-refractivity contribution in [2.45, 2.75) is 32.6 Å². The van der Waals surface area contributed by atoms with Crippen LogP contribution in [0.5, 0.6) is 0 Å². The Morgan fingerprint density at radius 3 is 2.95 bits per heavy atom. The minimum atomic E-state index is 0. The van der Waals surface area contributed by atoms with Gasteiger partial charge in [-0.2, -0.15) is 0 Å². The van der Waals surface area contributed by atoms with E-state index in [1.807, 2.05) is 7.05 Å². The summed E-state index contributed by atoms with van der Waals surface area (Å²) in [6, 6.07) is 8.45. The number of nitrogens with one attached hydrogen (secondary N) is 1. The highest BCUT2D eigenvalue weighted by Gasteiger charge is 2.22. The van der Waals surface area contributed by atoms with Crippen LogP contribution in [0.15, 0.2) is 24.3 Å². The third kappa shape index (κ3) is 5.68. The van der Waals surface area contributed by atoms with Crippen LogP contribution in [-0.2, 0) is 11.2 Å². The van der Waals surface area contributed by atoms with Gasteiger partial charge < -0.3 is 10.2 Å². The molecule has 1 saturated heterocycles. The van der Waals surface area contributed by atoms with Gasteiger partial charge in [-0.05, 0) is 51.3 Å². The van der Waals surface area contributed by atoms with Gasteiger partial charge in [-0.3, -0.25) is 4.79 Å². The van der Waals surface area contributed by atoms with E-state index < -0.39 is 0 Å². The molecule has 1 atom stereocenters. The third-order valence-electron chi connectivity index (χ3n) is 4.07. The maximum Gasteiger partial charge on any atom is 0.222 e. The number of carbonyl (C=O) groups is 1. The first-order valence-corrected chi connectivity index (χ1v) is 7.67. The van der Waals surface area contributed by atoms with Crippen LogP contribution in [0, 0.1) is 12.8 Å². The van der Waals surface area contributed by atoms with E-state index >= 15 is 0 Å². The SMILES string of the molecule is CNCC1CCCN(C(=O)CCc2cccc(C)c2)C1.Cl. The molecule has 1 fully saturated rings. The molecule has 1 heterocycles. The molecule has 2 rings (SSSR count). The summed E-state index contributed by atoms with van der Waals surface area (Å²) in [5, 5.41) is 3.22. The van der Waals surface area contributed by atoms with E-state index in [4.69, 9.17) is 0 Å². The van der Waals surface area contributed by atoms with Crippen molar-refractivity contribution in [3.63, 3.8) is 0 Å². The van der Waals surface area contributed by atoms with Gasteiger partial charge in [0, 0.05) is 19.5 Å². The lowest BCUT2D eigenvalue weighted by Crippen LogP contribution is -2.42. The number of rotatable bonds is 5. The monoisotopic (exact) mass is 310 g/mol. The smallest absolute Gasteiger partial charge is 0.222 e. The Morgan fingerprint density at radius 2 is 2.24 bits per heavy atom. The predicted octanol–water partition coefficient (Wildman–Crippen LogP) is 2.81. The average Bonchev–Trinajstić information content (AvgIpc) is 2.45. The zero-order chi connectivity index (χ0) is 14.4. The molecule has 1 aliphatic rings.